The normalized spacial score (nSPS) is 20.1. The van der Waals surface area contributed by atoms with Gasteiger partial charge in [-0.15, -0.1) is 0 Å². The molecular weight excluding hydrogens is 254 g/mol. The summed E-state index contributed by atoms with van der Waals surface area (Å²) < 4.78 is 0. The van der Waals surface area contributed by atoms with E-state index in [0.717, 1.165) is 37.3 Å². The summed E-state index contributed by atoms with van der Waals surface area (Å²) in [6.45, 7) is 0.662. The molecule has 0 aliphatic heterocycles. The van der Waals surface area contributed by atoms with E-state index in [0.29, 0.717) is 18.5 Å². The Labute approximate surface area is 119 Å². The molecule has 0 spiro atoms. The Morgan fingerprint density at radius 1 is 1.25 bits per heavy atom. The molecule has 0 amide bonds. The van der Waals surface area contributed by atoms with Gasteiger partial charge < -0.3 is 15.0 Å². The molecule has 5 heteroatoms. The summed E-state index contributed by atoms with van der Waals surface area (Å²) in [7, 11) is 0. The van der Waals surface area contributed by atoms with E-state index in [9.17, 15) is 9.90 Å². The van der Waals surface area contributed by atoms with Gasteiger partial charge in [-0.25, -0.2) is 4.98 Å². The van der Waals surface area contributed by atoms with Gasteiger partial charge in [0.2, 0.25) is 0 Å². The van der Waals surface area contributed by atoms with Gasteiger partial charge >= 0.3 is 0 Å². The highest BCUT2D eigenvalue weighted by molar-refractivity contribution is 5.39. The van der Waals surface area contributed by atoms with Crippen LogP contribution in [-0.4, -0.2) is 34.3 Å². The fourth-order valence-electron chi connectivity index (χ4n) is 3.15. The first-order valence-corrected chi connectivity index (χ1v) is 7.76. The van der Waals surface area contributed by atoms with E-state index in [1.807, 2.05) is 0 Å². The van der Waals surface area contributed by atoms with Crippen molar-refractivity contribution in [2.75, 3.05) is 18.1 Å². The Hall–Kier alpha value is -1.36. The van der Waals surface area contributed by atoms with Crippen LogP contribution in [0, 0.1) is 0 Å². The molecule has 0 aromatic carbocycles. The van der Waals surface area contributed by atoms with Gasteiger partial charge in [0.25, 0.3) is 5.56 Å². The average molecular weight is 277 g/mol. The predicted octanol–water partition coefficient (Wildman–Crippen LogP) is 1.78. The van der Waals surface area contributed by atoms with Crippen molar-refractivity contribution in [3.05, 3.63) is 22.2 Å². The Bertz CT molecular complexity index is 504. The van der Waals surface area contributed by atoms with Gasteiger partial charge in [0, 0.05) is 24.6 Å². The predicted molar refractivity (Wildman–Crippen MR) is 78.1 cm³/mol. The molecule has 0 atom stereocenters. The minimum atomic E-state index is -0.0735. The van der Waals surface area contributed by atoms with E-state index < -0.39 is 0 Å². The van der Waals surface area contributed by atoms with Crippen LogP contribution >= 0.6 is 0 Å². The smallest absolute Gasteiger partial charge is 0.252 e. The van der Waals surface area contributed by atoms with Gasteiger partial charge in [-0.2, -0.15) is 0 Å². The second-order valence-corrected chi connectivity index (χ2v) is 5.97. The molecule has 2 N–H and O–H groups in total. The van der Waals surface area contributed by atoms with Crippen LogP contribution in [0.15, 0.2) is 10.9 Å². The van der Waals surface area contributed by atoms with Crippen LogP contribution in [0.25, 0.3) is 0 Å². The summed E-state index contributed by atoms with van der Waals surface area (Å²) in [5, 5.41) is 9.33. The molecule has 1 heterocycles. The van der Waals surface area contributed by atoms with Crippen LogP contribution in [0.2, 0.25) is 0 Å². The molecule has 110 valence electrons. The number of nitrogens with one attached hydrogen (secondary N) is 1. The number of H-pyrrole nitrogens is 1. The lowest BCUT2D eigenvalue weighted by molar-refractivity contribution is 0.289. The lowest BCUT2D eigenvalue weighted by atomic mass is 9.94. The number of aromatic nitrogens is 2. The topological polar surface area (TPSA) is 69.2 Å². The Morgan fingerprint density at radius 3 is 2.65 bits per heavy atom. The van der Waals surface area contributed by atoms with Crippen molar-refractivity contribution in [2.24, 2.45) is 0 Å². The number of aromatic amines is 1. The molecule has 20 heavy (non-hydrogen) atoms. The highest BCUT2D eigenvalue weighted by Crippen LogP contribution is 2.38. The lowest BCUT2D eigenvalue weighted by Gasteiger charge is -2.34. The molecule has 2 fully saturated rings. The molecule has 1 aromatic rings. The number of aliphatic hydroxyl groups excluding tert-OH is 1. The zero-order valence-electron chi connectivity index (χ0n) is 11.8. The van der Waals surface area contributed by atoms with Crippen molar-refractivity contribution < 1.29 is 5.11 Å². The van der Waals surface area contributed by atoms with E-state index in [4.69, 9.17) is 0 Å². The second kappa shape index (κ2) is 5.95. The fraction of sp³-hybridized carbons (Fsp3) is 0.733. The molecule has 2 aliphatic rings. The molecule has 2 aliphatic carbocycles. The van der Waals surface area contributed by atoms with Gasteiger partial charge in [-0.05, 0) is 25.7 Å². The fourth-order valence-corrected chi connectivity index (χ4v) is 3.15. The van der Waals surface area contributed by atoms with Gasteiger partial charge in [0.05, 0.1) is 6.61 Å². The first-order chi connectivity index (χ1) is 9.78. The molecule has 0 saturated heterocycles. The first-order valence-electron chi connectivity index (χ1n) is 7.76. The van der Waals surface area contributed by atoms with Gasteiger partial charge in [-0.3, -0.25) is 4.79 Å². The summed E-state index contributed by atoms with van der Waals surface area (Å²) in [6.07, 6.45) is 8.25. The van der Waals surface area contributed by atoms with Crippen LogP contribution in [0.3, 0.4) is 0 Å². The standard InChI is InChI=1S/C15H23N3O2/c19-9-8-18(12-4-2-1-3-5-12)13-10-14(20)17-15(16-13)11-6-7-11/h10-12,19H,1-9H2,(H,16,17,20). The molecule has 1 aromatic heterocycles. The number of nitrogens with zero attached hydrogens (tertiary/aromatic N) is 2. The number of aliphatic hydroxyl groups is 1. The summed E-state index contributed by atoms with van der Waals surface area (Å²) in [4.78, 5) is 21.5. The van der Waals surface area contributed by atoms with E-state index in [-0.39, 0.29) is 12.2 Å². The van der Waals surface area contributed by atoms with Crippen LogP contribution in [0.1, 0.15) is 56.7 Å². The average Bonchev–Trinajstić information content (AvgIpc) is 3.29. The zero-order chi connectivity index (χ0) is 13.9. The molecule has 5 nitrogen and oxygen atoms in total. The van der Waals surface area contributed by atoms with Crippen LogP contribution in [0.4, 0.5) is 5.82 Å². The zero-order valence-corrected chi connectivity index (χ0v) is 11.8. The Morgan fingerprint density at radius 2 is 2.00 bits per heavy atom. The minimum Gasteiger partial charge on any atom is -0.395 e. The molecule has 2 saturated carbocycles. The summed E-state index contributed by atoms with van der Waals surface area (Å²) >= 11 is 0. The van der Waals surface area contributed by atoms with Crippen molar-refractivity contribution >= 4 is 5.82 Å². The number of anilines is 1. The van der Waals surface area contributed by atoms with Crippen LogP contribution in [0.5, 0.6) is 0 Å². The maximum Gasteiger partial charge on any atom is 0.252 e. The minimum absolute atomic E-state index is 0.0735. The Kier molecular flexibility index (Phi) is 4.05. The van der Waals surface area contributed by atoms with Crippen molar-refractivity contribution in [1.29, 1.82) is 0 Å². The number of hydrogen-bond donors (Lipinski definition) is 2. The van der Waals surface area contributed by atoms with Gasteiger partial charge in [0.1, 0.15) is 11.6 Å². The third kappa shape index (κ3) is 3.03. The van der Waals surface area contributed by atoms with E-state index in [2.05, 4.69) is 14.9 Å². The SMILES string of the molecule is O=c1cc(N(CCO)C2CCCCC2)nc(C2CC2)[nH]1. The third-order valence-electron chi connectivity index (χ3n) is 4.36. The quantitative estimate of drug-likeness (QED) is 0.860. The number of hydrogen-bond acceptors (Lipinski definition) is 4. The third-order valence-corrected chi connectivity index (χ3v) is 4.36. The van der Waals surface area contributed by atoms with Crippen LogP contribution < -0.4 is 10.5 Å². The number of rotatable bonds is 5. The first kappa shape index (κ1) is 13.6. The molecule has 3 rings (SSSR count). The van der Waals surface area contributed by atoms with E-state index in [1.165, 1.54) is 19.3 Å². The maximum atomic E-state index is 11.9. The van der Waals surface area contributed by atoms with Crippen molar-refractivity contribution in [3.63, 3.8) is 0 Å². The summed E-state index contributed by atoms with van der Waals surface area (Å²) in [6, 6.07) is 1.99. The van der Waals surface area contributed by atoms with Crippen molar-refractivity contribution in [3.8, 4) is 0 Å². The monoisotopic (exact) mass is 277 g/mol. The van der Waals surface area contributed by atoms with Crippen LogP contribution in [-0.2, 0) is 0 Å². The molecule has 0 bridgehead atoms. The van der Waals surface area contributed by atoms with Crippen molar-refractivity contribution in [1.82, 2.24) is 9.97 Å². The summed E-state index contributed by atoms with van der Waals surface area (Å²) in [5.41, 5.74) is -0.0735. The molecule has 0 radical (unpaired) electrons. The van der Waals surface area contributed by atoms with Gasteiger partial charge in [-0.1, -0.05) is 19.3 Å². The maximum absolute atomic E-state index is 11.9. The second-order valence-electron chi connectivity index (χ2n) is 5.97. The highest BCUT2D eigenvalue weighted by Gasteiger charge is 2.28. The summed E-state index contributed by atoms with van der Waals surface area (Å²) in [5.74, 6) is 2.01. The van der Waals surface area contributed by atoms with E-state index >= 15 is 0 Å². The largest absolute Gasteiger partial charge is 0.395 e. The molecular formula is C15H23N3O2. The Balaban J connectivity index is 1.87. The van der Waals surface area contributed by atoms with Crippen molar-refractivity contribution in [2.45, 2.75) is 56.9 Å². The lowest BCUT2D eigenvalue weighted by Crippen LogP contribution is -2.40. The van der Waals surface area contributed by atoms with E-state index in [1.54, 1.807) is 6.07 Å². The highest BCUT2D eigenvalue weighted by atomic mass is 16.3. The molecule has 0 unspecified atom stereocenters. The van der Waals surface area contributed by atoms with Gasteiger partial charge in [0.15, 0.2) is 0 Å².